The van der Waals surface area contributed by atoms with Gasteiger partial charge in [0.15, 0.2) is 0 Å². The number of hydrogen-bond donors (Lipinski definition) is 2. The maximum atomic E-state index is 12.3. The first-order valence-electron chi connectivity index (χ1n) is 8.49. The van der Waals surface area contributed by atoms with Crippen LogP contribution in [0.15, 0.2) is 0 Å². The van der Waals surface area contributed by atoms with Crippen molar-refractivity contribution in [1.82, 2.24) is 10.2 Å². The van der Waals surface area contributed by atoms with Gasteiger partial charge < -0.3 is 15.6 Å². The number of likely N-dealkylation sites (tertiary alicyclic amines) is 1. The molecule has 1 unspecified atom stereocenters. The van der Waals surface area contributed by atoms with Crippen LogP contribution in [0.3, 0.4) is 0 Å². The Bertz CT molecular complexity index is 483. The summed E-state index contributed by atoms with van der Waals surface area (Å²) in [6, 6.07) is 2.01. The van der Waals surface area contributed by atoms with Crippen LogP contribution in [0.5, 0.6) is 0 Å². The molecular formula is C17H26N4O. The monoisotopic (exact) mass is 302 g/mol. The third kappa shape index (κ3) is 2.89. The second-order valence-corrected chi connectivity index (χ2v) is 7.62. The lowest BCUT2D eigenvalue weighted by molar-refractivity contribution is -0.130. The molecule has 5 heteroatoms. The molecule has 1 saturated heterocycles. The summed E-state index contributed by atoms with van der Waals surface area (Å²) in [4.78, 5) is 14.1. The van der Waals surface area contributed by atoms with Gasteiger partial charge in [0.25, 0.3) is 0 Å². The molecule has 0 aromatic carbocycles. The Hall–Kier alpha value is -1.41. The van der Waals surface area contributed by atoms with Crippen molar-refractivity contribution in [3.63, 3.8) is 0 Å². The topological polar surface area (TPSA) is 80.0 Å². The van der Waals surface area contributed by atoms with Gasteiger partial charge in [-0.3, -0.25) is 4.79 Å². The highest BCUT2D eigenvalue weighted by Gasteiger charge is 2.46. The van der Waals surface area contributed by atoms with Crippen molar-refractivity contribution in [3.8, 4) is 6.07 Å². The molecule has 3 aliphatic rings. The van der Waals surface area contributed by atoms with E-state index in [0.29, 0.717) is 24.3 Å². The average molecular weight is 302 g/mol. The number of carbonyl (C=O) groups excluding carboxylic acids is 1. The minimum atomic E-state index is -0.224. The Labute approximate surface area is 132 Å². The fraction of sp³-hybridized carbons (Fsp3) is 0.824. The van der Waals surface area contributed by atoms with Gasteiger partial charge in [-0.05, 0) is 69.4 Å². The summed E-state index contributed by atoms with van der Waals surface area (Å²) in [5, 5.41) is 20.0. The number of rotatable bonds is 4. The zero-order valence-corrected chi connectivity index (χ0v) is 13.3. The van der Waals surface area contributed by atoms with Crippen LogP contribution in [-0.4, -0.2) is 41.7 Å². The molecular weight excluding hydrogens is 276 g/mol. The number of nitrogens with zero attached hydrogens (tertiary/aromatic N) is 2. The molecule has 0 aromatic heterocycles. The molecule has 3 fully saturated rings. The Kier molecular flexibility index (Phi) is 4.22. The van der Waals surface area contributed by atoms with Crippen molar-refractivity contribution in [2.75, 3.05) is 13.1 Å². The van der Waals surface area contributed by atoms with Crippen LogP contribution >= 0.6 is 0 Å². The van der Waals surface area contributed by atoms with E-state index in [0.717, 1.165) is 45.1 Å². The summed E-state index contributed by atoms with van der Waals surface area (Å²) in [5.74, 6) is 1.96. The predicted molar refractivity (Wildman–Crippen MR) is 84.5 cm³/mol. The summed E-state index contributed by atoms with van der Waals surface area (Å²) in [6.07, 6.45) is 7.87. The zero-order valence-electron chi connectivity index (χ0n) is 13.3. The first-order valence-corrected chi connectivity index (χ1v) is 8.49. The highest BCUT2D eigenvalue weighted by molar-refractivity contribution is 5.79. The van der Waals surface area contributed by atoms with E-state index in [2.05, 4.69) is 18.3 Å². The summed E-state index contributed by atoms with van der Waals surface area (Å²) < 4.78 is 0. The maximum Gasteiger partial charge on any atom is 0.237 e. The van der Waals surface area contributed by atoms with E-state index in [1.807, 2.05) is 0 Å². The van der Waals surface area contributed by atoms with Gasteiger partial charge >= 0.3 is 0 Å². The third-order valence-corrected chi connectivity index (χ3v) is 5.93. The molecule has 120 valence electrons. The summed E-state index contributed by atoms with van der Waals surface area (Å²) in [7, 11) is 0. The predicted octanol–water partition coefficient (Wildman–Crippen LogP) is 1.94. The molecule has 2 saturated carbocycles. The van der Waals surface area contributed by atoms with Crippen molar-refractivity contribution in [3.05, 3.63) is 0 Å². The van der Waals surface area contributed by atoms with E-state index < -0.39 is 0 Å². The molecule has 2 aliphatic carbocycles. The van der Waals surface area contributed by atoms with E-state index in [1.54, 1.807) is 11.1 Å². The lowest BCUT2D eigenvalue weighted by Gasteiger charge is -2.29. The van der Waals surface area contributed by atoms with E-state index in [4.69, 9.17) is 10.7 Å². The molecule has 1 amide bonds. The highest BCUT2D eigenvalue weighted by atomic mass is 16.2. The summed E-state index contributed by atoms with van der Waals surface area (Å²) >= 11 is 0. The van der Waals surface area contributed by atoms with Crippen LogP contribution in [0.1, 0.15) is 45.4 Å². The minimum absolute atomic E-state index is 0.0415. The van der Waals surface area contributed by atoms with E-state index in [9.17, 15) is 4.79 Å². The second kappa shape index (κ2) is 6.00. The average Bonchev–Trinajstić information content (AvgIpc) is 3.17. The zero-order chi connectivity index (χ0) is 15.7. The Morgan fingerprint density at radius 1 is 1.45 bits per heavy atom. The van der Waals surface area contributed by atoms with Gasteiger partial charge in [-0.15, -0.1) is 0 Å². The van der Waals surface area contributed by atoms with E-state index in [1.165, 1.54) is 0 Å². The summed E-state index contributed by atoms with van der Waals surface area (Å²) in [6.45, 7) is 3.30. The first-order chi connectivity index (χ1) is 10.5. The van der Waals surface area contributed by atoms with Crippen molar-refractivity contribution < 1.29 is 4.79 Å². The Morgan fingerprint density at radius 3 is 2.73 bits per heavy atom. The molecule has 0 spiro atoms. The fourth-order valence-corrected chi connectivity index (χ4v) is 4.87. The molecule has 0 aromatic rings. The quantitative estimate of drug-likeness (QED) is 0.779. The van der Waals surface area contributed by atoms with Gasteiger partial charge in [0.05, 0.1) is 12.6 Å². The fourth-order valence-electron chi connectivity index (χ4n) is 4.87. The van der Waals surface area contributed by atoms with Gasteiger partial charge in [0.1, 0.15) is 6.04 Å². The van der Waals surface area contributed by atoms with Gasteiger partial charge in [-0.25, -0.2) is 0 Å². The lowest BCUT2D eigenvalue weighted by atomic mass is 9.93. The van der Waals surface area contributed by atoms with Crippen LogP contribution in [0.2, 0.25) is 0 Å². The number of carbonyl (C=O) groups is 1. The lowest BCUT2D eigenvalue weighted by Crippen LogP contribution is -2.48. The molecule has 0 radical (unpaired) electrons. The van der Waals surface area contributed by atoms with Crippen molar-refractivity contribution >= 4 is 12.1 Å². The number of hydrogen-bond acceptors (Lipinski definition) is 4. The number of nitrogens with one attached hydrogen (secondary N) is 2. The SMILES string of the molecule is C[C@@]1(NCC(=O)N2CCC[C@H]2C#N)C[C@H]2CC(C=N)C[C@H]2C1. The molecule has 5 nitrogen and oxygen atoms in total. The van der Waals surface area contributed by atoms with Crippen LogP contribution in [-0.2, 0) is 4.79 Å². The van der Waals surface area contributed by atoms with Gasteiger partial charge in [-0.1, -0.05) is 0 Å². The van der Waals surface area contributed by atoms with Crippen molar-refractivity contribution in [2.45, 2.75) is 57.0 Å². The van der Waals surface area contributed by atoms with Crippen molar-refractivity contribution in [1.29, 1.82) is 10.7 Å². The van der Waals surface area contributed by atoms with E-state index >= 15 is 0 Å². The Morgan fingerprint density at radius 2 is 2.14 bits per heavy atom. The molecule has 22 heavy (non-hydrogen) atoms. The number of nitriles is 1. The number of amides is 1. The van der Waals surface area contributed by atoms with Crippen LogP contribution in [0.4, 0.5) is 0 Å². The maximum absolute atomic E-state index is 12.3. The van der Waals surface area contributed by atoms with Gasteiger partial charge in [-0.2, -0.15) is 5.26 Å². The summed E-state index contributed by atoms with van der Waals surface area (Å²) in [5.41, 5.74) is 0.0415. The number of fused-ring (bicyclic) bond motifs is 1. The minimum Gasteiger partial charge on any atom is -0.326 e. The molecule has 2 N–H and O–H groups in total. The molecule has 3 rings (SSSR count). The third-order valence-electron chi connectivity index (χ3n) is 5.93. The molecule has 5 atom stereocenters. The molecule has 1 heterocycles. The Balaban J connectivity index is 1.51. The normalized spacial score (nSPS) is 40.5. The van der Waals surface area contributed by atoms with E-state index in [-0.39, 0.29) is 17.5 Å². The first kappa shape index (κ1) is 15.5. The standard InChI is InChI=1S/C17H26N4O/c1-17(7-13-5-12(9-18)6-14(13)8-17)20-11-16(22)21-4-2-3-15(21)10-19/h9,12-15,18,20H,2-8,11H2,1H3/t12?,13-,14+,15-,17-/m0/s1. The van der Waals surface area contributed by atoms with Gasteiger partial charge in [0.2, 0.25) is 5.91 Å². The largest absolute Gasteiger partial charge is 0.326 e. The van der Waals surface area contributed by atoms with Crippen molar-refractivity contribution in [2.24, 2.45) is 17.8 Å². The highest BCUT2D eigenvalue weighted by Crippen LogP contribution is 2.50. The van der Waals surface area contributed by atoms with Gasteiger partial charge in [0, 0.05) is 12.1 Å². The molecule has 1 aliphatic heterocycles. The van der Waals surface area contributed by atoms with Crippen LogP contribution < -0.4 is 5.32 Å². The molecule has 0 bridgehead atoms. The van der Waals surface area contributed by atoms with Crippen LogP contribution in [0, 0.1) is 34.5 Å². The van der Waals surface area contributed by atoms with Crippen LogP contribution in [0.25, 0.3) is 0 Å². The smallest absolute Gasteiger partial charge is 0.237 e. The second-order valence-electron chi connectivity index (χ2n) is 7.62.